The number of carboxylic acid groups (broad SMARTS) is 1. The van der Waals surface area contributed by atoms with Crippen LogP contribution in [0, 0.1) is 0 Å². The molecule has 0 aliphatic carbocycles. The van der Waals surface area contributed by atoms with Gasteiger partial charge in [-0.05, 0) is 32.6 Å². The smallest absolute Gasteiger partial charge is 0.332 e. The molecule has 0 bridgehead atoms. The quantitative estimate of drug-likeness (QED) is 0.634. The van der Waals surface area contributed by atoms with Gasteiger partial charge in [0.25, 0.3) is 0 Å². The van der Waals surface area contributed by atoms with Crippen molar-refractivity contribution in [3.8, 4) is 0 Å². The van der Waals surface area contributed by atoms with Crippen molar-refractivity contribution in [3.05, 3.63) is 0 Å². The molecule has 5 nitrogen and oxygen atoms in total. The summed E-state index contributed by atoms with van der Waals surface area (Å²) in [7, 11) is -1.59. The van der Waals surface area contributed by atoms with Crippen molar-refractivity contribution in [2.45, 2.75) is 38.7 Å². The molecule has 1 heterocycles. The van der Waals surface area contributed by atoms with Crippen LogP contribution in [0.1, 0.15) is 6.92 Å². The van der Waals surface area contributed by atoms with Gasteiger partial charge >= 0.3 is 5.97 Å². The first-order chi connectivity index (χ1) is 7.72. The first kappa shape index (κ1) is 17.2. The maximum Gasteiger partial charge on any atom is 0.332 e. The average Bonchev–Trinajstić information content (AvgIpc) is 2.17. The highest BCUT2D eigenvalue weighted by Crippen LogP contribution is 2.08. The van der Waals surface area contributed by atoms with Crippen LogP contribution >= 0.6 is 0 Å². The molecule has 2 unspecified atom stereocenters. The van der Waals surface area contributed by atoms with Gasteiger partial charge in [0, 0.05) is 6.61 Å². The maximum atomic E-state index is 9.45. The Kier molecular flexibility index (Phi) is 8.45. The van der Waals surface area contributed by atoms with Crippen molar-refractivity contribution in [3.63, 3.8) is 0 Å². The standard InChI is InChI=1S/C5H18O2Si4.C3H6O3/c1-11(2,3)7-10-5-4-6-8-9-10;1-2(4)3(5)6/h10H,4-5,8-9H2,1-3H3;2,4H,1H3,(H,5,6). The Morgan fingerprint density at radius 1 is 1.53 bits per heavy atom. The molecule has 0 aromatic heterocycles. The molecule has 1 saturated heterocycles. The molecule has 0 radical (unpaired) electrons. The van der Waals surface area contributed by atoms with Crippen LogP contribution in [0.3, 0.4) is 0 Å². The van der Waals surface area contributed by atoms with Gasteiger partial charge in [0.1, 0.15) is 23.9 Å². The van der Waals surface area contributed by atoms with Gasteiger partial charge in [-0.2, -0.15) is 0 Å². The van der Waals surface area contributed by atoms with E-state index in [1.807, 2.05) is 0 Å². The zero-order valence-corrected chi connectivity index (χ0v) is 16.1. The van der Waals surface area contributed by atoms with Crippen molar-refractivity contribution < 1.29 is 23.5 Å². The number of aliphatic hydroxyl groups is 1. The predicted octanol–water partition coefficient (Wildman–Crippen LogP) is -1.29. The fourth-order valence-corrected chi connectivity index (χ4v) is 26.6. The monoisotopic (exact) mass is 312 g/mol. The molecule has 1 fully saturated rings. The van der Waals surface area contributed by atoms with E-state index in [-0.39, 0.29) is 17.8 Å². The van der Waals surface area contributed by atoms with Crippen molar-refractivity contribution in [2.24, 2.45) is 0 Å². The summed E-state index contributed by atoms with van der Waals surface area (Å²) in [6, 6.07) is 1.32. The average molecular weight is 313 g/mol. The van der Waals surface area contributed by atoms with E-state index >= 15 is 0 Å². The Bertz CT molecular complexity index is 224. The van der Waals surface area contributed by atoms with Gasteiger partial charge in [-0.1, -0.05) is 0 Å². The lowest BCUT2D eigenvalue weighted by atomic mass is 10.4. The SMILES string of the molecule is CC(O)C(=O)O.C[Si](C)(C)O[SiH]1CCO[SiH2][SiH2]1. The predicted molar refractivity (Wildman–Crippen MR) is 78.7 cm³/mol. The van der Waals surface area contributed by atoms with Gasteiger partial charge in [0.15, 0.2) is 8.32 Å². The highest BCUT2D eigenvalue weighted by Gasteiger charge is 2.24. The summed E-state index contributed by atoms with van der Waals surface area (Å²) in [4.78, 5) is 9.45. The summed E-state index contributed by atoms with van der Waals surface area (Å²) in [6.45, 7) is 9.17. The first-order valence-electron chi connectivity index (χ1n) is 5.89. The van der Waals surface area contributed by atoms with Crippen LogP contribution < -0.4 is 0 Å². The molecule has 1 aliphatic rings. The maximum absolute atomic E-state index is 9.45. The Morgan fingerprint density at radius 3 is 2.35 bits per heavy atom. The van der Waals surface area contributed by atoms with Crippen molar-refractivity contribution >= 4 is 40.7 Å². The molecule has 0 aromatic rings. The number of carboxylic acids is 1. The molecular formula is C8H24O5Si4. The summed E-state index contributed by atoms with van der Waals surface area (Å²) >= 11 is 0. The number of carbonyl (C=O) groups is 1. The van der Waals surface area contributed by atoms with E-state index < -0.39 is 28.9 Å². The van der Waals surface area contributed by atoms with Crippen molar-refractivity contribution in [1.29, 1.82) is 0 Å². The van der Waals surface area contributed by atoms with Crippen molar-refractivity contribution in [2.75, 3.05) is 6.61 Å². The zero-order chi connectivity index (χ0) is 13.5. The summed E-state index contributed by atoms with van der Waals surface area (Å²) in [5.74, 6) is -1.19. The molecule has 102 valence electrons. The van der Waals surface area contributed by atoms with E-state index in [1.165, 1.54) is 13.0 Å². The molecule has 0 aromatic carbocycles. The Morgan fingerprint density at radius 2 is 2.06 bits per heavy atom. The topological polar surface area (TPSA) is 76.0 Å². The fraction of sp³-hybridized carbons (Fsp3) is 0.875. The summed E-state index contributed by atoms with van der Waals surface area (Å²) in [5, 5.41) is 15.8. The molecule has 0 amide bonds. The Hall–Kier alpha value is 0.218. The summed E-state index contributed by atoms with van der Waals surface area (Å²) in [5.41, 5.74) is 0. The molecule has 17 heavy (non-hydrogen) atoms. The minimum atomic E-state index is -1.23. The third-order valence-electron chi connectivity index (χ3n) is 2.05. The summed E-state index contributed by atoms with van der Waals surface area (Å²) in [6.07, 6.45) is -1.23. The Balaban J connectivity index is 0.000000366. The van der Waals surface area contributed by atoms with Crippen LogP contribution in [-0.4, -0.2) is 63.6 Å². The third kappa shape index (κ3) is 11.1. The van der Waals surface area contributed by atoms with Crippen LogP contribution in [0.25, 0.3) is 0 Å². The summed E-state index contributed by atoms with van der Waals surface area (Å²) < 4.78 is 11.7. The molecular weight excluding hydrogens is 288 g/mol. The molecule has 1 aliphatic heterocycles. The van der Waals surface area contributed by atoms with Gasteiger partial charge in [-0.15, -0.1) is 0 Å². The van der Waals surface area contributed by atoms with Gasteiger partial charge in [0.2, 0.25) is 0 Å². The lowest BCUT2D eigenvalue weighted by molar-refractivity contribution is -0.145. The molecule has 0 saturated carbocycles. The number of hydrogen-bond acceptors (Lipinski definition) is 4. The van der Waals surface area contributed by atoms with Crippen LogP contribution in [0.15, 0.2) is 0 Å². The second-order valence-electron chi connectivity index (χ2n) is 5.06. The highest BCUT2D eigenvalue weighted by atomic mass is 29.6. The molecule has 2 N–H and O–H groups in total. The highest BCUT2D eigenvalue weighted by molar-refractivity contribution is 7.34. The van der Waals surface area contributed by atoms with Gasteiger partial charge in [-0.25, -0.2) is 4.79 Å². The molecule has 2 atom stereocenters. The van der Waals surface area contributed by atoms with Gasteiger partial charge in [0.05, 0.1) is 8.55 Å². The lowest BCUT2D eigenvalue weighted by Gasteiger charge is -2.28. The van der Waals surface area contributed by atoms with Gasteiger partial charge in [-0.3, -0.25) is 0 Å². The molecule has 1 rings (SSSR count). The Labute approximate surface area is 110 Å². The van der Waals surface area contributed by atoms with E-state index in [4.69, 9.17) is 18.8 Å². The van der Waals surface area contributed by atoms with Gasteiger partial charge < -0.3 is 18.8 Å². The largest absolute Gasteiger partial charge is 0.479 e. The molecule has 9 heteroatoms. The number of aliphatic hydroxyl groups excluding tert-OH is 1. The van der Waals surface area contributed by atoms with E-state index in [2.05, 4.69) is 19.6 Å². The lowest BCUT2D eigenvalue weighted by Crippen LogP contribution is -2.44. The minimum Gasteiger partial charge on any atom is -0.479 e. The number of hydrogen-bond donors (Lipinski definition) is 2. The minimum absolute atomic E-state index is 0.0101. The number of rotatable bonds is 3. The number of aliphatic carboxylic acids is 1. The zero-order valence-electron chi connectivity index (χ0n) is 11.1. The van der Waals surface area contributed by atoms with E-state index in [0.717, 1.165) is 6.61 Å². The van der Waals surface area contributed by atoms with E-state index in [1.54, 1.807) is 0 Å². The van der Waals surface area contributed by atoms with Crippen molar-refractivity contribution in [1.82, 2.24) is 0 Å². The second kappa shape index (κ2) is 8.34. The molecule has 0 spiro atoms. The van der Waals surface area contributed by atoms with E-state index in [0.29, 0.717) is 0 Å². The fourth-order valence-electron chi connectivity index (χ4n) is 1.29. The first-order valence-corrected chi connectivity index (χ1v) is 18.4. The van der Waals surface area contributed by atoms with Crippen LogP contribution in [0.5, 0.6) is 0 Å². The van der Waals surface area contributed by atoms with Crippen LogP contribution in [-0.2, 0) is 13.3 Å². The third-order valence-corrected chi connectivity index (χ3v) is 22.7. The normalized spacial score (nSPS) is 25.1. The van der Waals surface area contributed by atoms with Crippen LogP contribution in [0.2, 0.25) is 25.7 Å². The van der Waals surface area contributed by atoms with E-state index in [9.17, 15) is 4.79 Å². The van der Waals surface area contributed by atoms with Crippen LogP contribution in [0.4, 0.5) is 0 Å². The second-order valence-corrected chi connectivity index (χ2v) is 24.3.